The Morgan fingerprint density at radius 2 is 1.76 bits per heavy atom. The topological polar surface area (TPSA) is 88.1 Å². The molecule has 0 saturated heterocycles. The van der Waals surface area contributed by atoms with Gasteiger partial charge < -0.3 is 19.8 Å². The summed E-state index contributed by atoms with van der Waals surface area (Å²) in [5, 5.41) is 0.473. The van der Waals surface area contributed by atoms with E-state index in [9.17, 15) is 26.3 Å². The predicted octanol–water partition coefficient (Wildman–Crippen LogP) is 6.32. The van der Waals surface area contributed by atoms with Crippen LogP contribution in [0.3, 0.4) is 0 Å². The second-order valence-corrected chi connectivity index (χ2v) is 11.4. The molecule has 204 valence electrons. The minimum absolute atomic E-state index is 0.0174. The highest BCUT2D eigenvalue weighted by Crippen LogP contribution is 2.46. The zero-order chi connectivity index (χ0) is 27.2. The summed E-state index contributed by atoms with van der Waals surface area (Å²) in [6.07, 6.45) is -11.5. The van der Waals surface area contributed by atoms with Crippen molar-refractivity contribution in [3.63, 3.8) is 0 Å². The van der Waals surface area contributed by atoms with Crippen molar-refractivity contribution in [2.24, 2.45) is 0 Å². The van der Waals surface area contributed by atoms with Gasteiger partial charge in [-0.05, 0) is 25.5 Å². The van der Waals surface area contributed by atoms with Crippen LogP contribution in [0.5, 0.6) is 5.75 Å². The monoisotopic (exact) mass is 569 g/mol. The fourth-order valence-electron chi connectivity index (χ4n) is 3.33. The van der Waals surface area contributed by atoms with Crippen LogP contribution in [-0.2, 0) is 11.3 Å². The number of fused-ring (bicyclic) bond motifs is 1. The molecule has 2 heterocycles. The highest BCUT2D eigenvalue weighted by atomic mass is 32.2. The molecule has 15 heteroatoms. The molecule has 1 aromatic carbocycles. The lowest BCUT2D eigenvalue weighted by molar-refractivity contribution is -0.112. The molecule has 0 aliphatic heterocycles. The van der Waals surface area contributed by atoms with Gasteiger partial charge in [-0.3, -0.25) is 0 Å². The van der Waals surface area contributed by atoms with E-state index in [-0.39, 0.29) is 12.5 Å². The molecule has 3 rings (SSSR count). The molecule has 0 radical (unpaired) electrons. The number of rotatable bonds is 12. The first-order valence-corrected chi connectivity index (χ1v) is 13.9. The molecule has 1 unspecified atom stereocenters. The lowest BCUT2D eigenvalue weighted by Gasteiger charge is -2.23. The van der Waals surface area contributed by atoms with Gasteiger partial charge >= 0.3 is 12.4 Å². The molecule has 2 aromatic heterocycles. The van der Waals surface area contributed by atoms with Crippen molar-refractivity contribution in [3.05, 3.63) is 30.6 Å². The molecule has 0 aliphatic carbocycles. The van der Waals surface area contributed by atoms with Crippen LogP contribution in [0.1, 0.15) is 20.3 Å². The maximum atomic E-state index is 12.7. The summed E-state index contributed by atoms with van der Waals surface area (Å²) in [5.74, 6) is 0.659. The van der Waals surface area contributed by atoms with Gasteiger partial charge in [-0.1, -0.05) is 38.7 Å². The van der Waals surface area contributed by atoms with E-state index in [1.807, 2.05) is 31.2 Å². The van der Waals surface area contributed by atoms with Crippen LogP contribution in [-0.4, -0.2) is 63.3 Å². The van der Waals surface area contributed by atoms with Crippen molar-refractivity contribution >= 4 is 36.8 Å². The number of hydrogen-bond acceptors (Lipinski definition) is 7. The number of nitrogens with zero attached hydrogens (tertiary/aromatic N) is 4. The van der Waals surface area contributed by atoms with E-state index < -0.39 is 45.0 Å². The first-order chi connectivity index (χ1) is 17.3. The van der Waals surface area contributed by atoms with E-state index >= 15 is 0 Å². The van der Waals surface area contributed by atoms with Crippen molar-refractivity contribution in [2.75, 3.05) is 31.0 Å². The van der Waals surface area contributed by atoms with Crippen LogP contribution in [0.25, 0.3) is 11.2 Å². The number of nitrogens with two attached hydrogens (primary N) is 1. The van der Waals surface area contributed by atoms with Crippen molar-refractivity contribution < 1.29 is 35.8 Å². The van der Waals surface area contributed by atoms with Gasteiger partial charge in [-0.25, -0.2) is 9.97 Å². The number of aromatic nitrogens is 4. The fraction of sp³-hybridized carbons (Fsp3) is 0.500. The predicted molar refractivity (Wildman–Crippen MR) is 130 cm³/mol. The van der Waals surface area contributed by atoms with Gasteiger partial charge in [0.1, 0.15) is 16.3 Å². The number of imidazole rings is 1. The van der Waals surface area contributed by atoms with Gasteiger partial charge in [0.15, 0.2) is 5.65 Å². The smallest absolute Gasteiger partial charge is 0.392 e. The highest BCUT2D eigenvalue weighted by Gasteiger charge is 2.38. The Morgan fingerprint density at radius 1 is 1.08 bits per heavy atom. The van der Waals surface area contributed by atoms with Crippen LogP contribution in [0, 0.1) is 0 Å². The van der Waals surface area contributed by atoms with Gasteiger partial charge in [-0.2, -0.15) is 31.3 Å². The molecule has 3 aromatic rings. The van der Waals surface area contributed by atoms with Gasteiger partial charge in [0, 0.05) is 0 Å². The first-order valence-electron chi connectivity index (χ1n) is 11.2. The third-order valence-electron chi connectivity index (χ3n) is 4.77. The molecule has 37 heavy (non-hydrogen) atoms. The van der Waals surface area contributed by atoms with E-state index in [0.717, 1.165) is 11.3 Å². The van der Waals surface area contributed by atoms with Crippen molar-refractivity contribution in [3.8, 4) is 5.75 Å². The van der Waals surface area contributed by atoms with Gasteiger partial charge in [-0.15, -0.1) is 0 Å². The Bertz CT molecular complexity index is 1160. The Hall–Kier alpha value is -2.31. The van der Waals surface area contributed by atoms with Crippen LogP contribution in [0.2, 0.25) is 0 Å². The van der Waals surface area contributed by atoms with Gasteiger partial charge in [0.25, 0.3) is 0 Å². The molecule has 0 spiro atoms. The summed E-state index contributed by atoms with van der Waals surface area (Å²) in [6.45, 7) is 4.19. The number of halogens is 6. The minimum Gasteiger partial charge on any atom is -0.492 e. The van der Waals surface area contributed by atoms with Crippen molar-refractivity contribution in [2.45, 2.75) is 55.2 Å². The Kier molecular flexibility index (Phi) is 9.87. The zero-order valence-electron chi connectivity index (χ0n) is 20.0. The maximum absolute atomic E-state index is 12.7. The van der Waals surface area contributed by atoms with Crippen LogP contribution >= 0.6 is 19.7 Å². The Labute approximate surface area is 214 Å². The Morgan fingerprint density at radius 3 is 2.41 bits per heavy atom. The quantitative estimate of drug-likeness (QED) is 0.155. The molecule has 0 bridgehead atoms. The average molecular weight is 570 g/mol. The fourth-order valence-corrected chi connectivity index (χ4v) is 6.06. The zero-order valence-corrected chi connectivity index (χ0v) is 21.7. The molecule has 7 nitrogen and oxygen atoms in total. The minimum atomic E-state index is -4.70. The second kappa shape index (κ2) is 12.5. The Balaban J connectivity index is 1.74. The van der Waals surface area contributed by atoms with E-state index in [1.54, 1.807) is 11.5 Å². The molecule has 0 saturated carbocycles. The summed E-state index contributed by atoms with van der Waals surface area (Å²) in [5.41, 5.74) is 6.73. The number of para-hydroxylation sites is 1. The molecule has 0 fully saturated rings. The summed E-state index contributed by atoms with van der Waals surface area (Å²) >= 11 is 1.29. The van der Waals surface area contributed by atoms with E-state index in [1.165, 1.54) is 18.1 Å². The summed E-state index contributed by atoms with van der Waals surface area (Å²) in [4.78, 5) is 13.7. The number of anilines is 1. The average Bonchev–Trinajstić information content (AvgIpc) is 3.17. The lowest BCUT2D eigenvalue weighted by atomic mass is 10.3. The van der Waals surface area contributed by atoms with E-state index in [4.69, 9.17) is 15.2 Å². The number of alkyl halides is 6. The normalized spacial score (nSPS) is 13.4. The highest BCUT2D eigenvalue weighted by molar-refractivity contribution is 7.99. The SMILES string of the molecule is CCCOc1ccccc1Sc1nc(N)nc2c1ncn2CC(C)OCP(CC(F)(F)F)CC(F)(F)F. The molecular formula is C22H26F6N5O2PS. The molecular weight excluding hydrogens is 543 g/mol. The molecule has 0 amide bonds. The summed E-state index contributed by atoms with van der Waals surface area (Å²) in [6, 6.07) is 7.41. The lowest BCUT2D eigenvalue weighted by Crippen LogP contribution is -2.24. The maximum Gasteiger partial charge on any atom is 0.392 e. The molecule has 0 aliphatic rings. The largest absolute Gasteiger partial charge is 0.492 e. The van der Waals surface area contributed by atoms with Gasteiger partial charge in [0.2, 0.25) is 5.95 Å². The number of ether oxygens (including phenoxy) is 2. The van der Waals surface area contributed by atoms with E-state index in [0.29, 0.717) is 28.5 Å². The van der Waals surface area contributed by atoms with Crippen molar-refractivity contribution in [1.82, 2.24) is 19.5 Å². The first kappa shape index (κ1) is 29.2. The third kappa shape index (κ3) is 9.19. The third-order valence-corrected chi connectivity index (χ3v) is 7.93. The second-order valence-electron chi connectivity index (χ2n) is 8.18. The molecule has 2 N–H and O–H groups in total. The van der Waals surface area contributed by atoms with Crippen LogP contribution in [0.15, 0.2) is 40.5 Å². The number of hydrogen-bond donors (Lipinski definition) is 1. The summed E-state index contributed by atoms with van der Waals surface area (Å²) < 4.78 is 89.3. The summed E-state index contributed by atoms with van der Waals surface area (Å²) in [7, 11) is -2.47. The standard InChI is InChI=1S/C22H26F6N5O2PS/c1-3-8-34-15-6-4-5-7-16(15)37-19-17-18(31-20(29)32-19)33(12-30-17)9-14(2)35-13-36(10-21(23,24)25)11-22(26,27)28/h4-7,12,14H,3,8-11,13H2,1-2H3,(H2,29,31,32). The molecule has 1 atom stereocenters. The van der Waals surface area contributed by atoms with Crippen molar-refractivity contribution in [1.29, 1.82) is 0 Å². The number of nitrogen functional groups attached to an aromatic ring is 1. The number of benzene rings is 1. The van der Waals surface area contributed by atoms with Crippen LogP contribution in [0.4, 0.5) is 32.3 Å². The van der Waals surface area contributed by atoms with Gasteiger partial charge in [0.05, 0.1) is 49.2 Å². The van der Waals surface area contributed by atoms with Crippen LogP contribution < -0.4 is 10.5 Å². The van der Waals surface area contributed by atoms with E-state index in [2.05, 4.69) is 15.0 Å².